The van der Waals surface area contributed by atoms with E-state index in [2.05, 4.69) is 15.2 Å². The predicted octanol–water partition coefficient (Wildman–Crippen LogP) is 2.85. The van der Waals surface area contributed by atoms with Gasteiger partial charge in [-0.05, 0) is 37.1 Å². The summed E-state index contributed by atoms with van der Waals surface area (Å²) in [5, 5.41) is 2.85. The van der Waals surface area contributed by atoms with Gasteiger partial charge in [-0.3, -0.25) is 19.3 Å². The minimum absolute atomic E-state index is 0.0121. The molecule has 0 saturated carbocycles. The molecule has 5 rings (SSSR count). The number of rotatable bonds is 5. The highest BCUT2D eigenvalue weighted by molar-refractivity contribution is 6.21. The highest BCUT2D eigenvalue weighted by atomic mass is 16.2. The molecule has 1 fully saturated rings. The number of para-hydroxylation sites is 2. The Morgan fingerprint density at radius 1 is 0.871 bits per heavy atom. The number of carbonyl (C=O) groups is 3. The molecule has 0 atom stereocenters. The number of amides is 3. The topological polar surface area (TPSA) is 95.5 Å². The lowest BCUT2D eigenvalue weighted by Crippen LogP contribution is -2.33. The number of nitrogens with zero attached hydrogens (tertiary/aromatic N) is 4. The van der Waals surface area contributed by atoms with Crippen LogP contribution in [0.25, 0.3) is 11.0 Å². The largest absolute Gasteiger partial charge is 0.354 e. The van der Waals surface area contributed by atoms with Crippen LogP contribution in [0.4, 0.5) is 11.6 Å². The molecule has 1 N–H and O–H groups in total. The van der Waals surface area contributed by atoms with Crippen LogP contribution in [0.1, 0.15) is 40.0 Å². The first-order valence-corrected chi connectivity index (χ1v) is 10.4. The van der Waals surface area contributed by atoms with E-state index < -0.39 is 0 Å². The van der Waals surface area contributed by atoms with E-state index in [-0.39, 0.29) is 30.7 Å². The van der Waals surface area contributed by atoms with Crippen molar-refractivity contribution in [3.63, 3.8) is 0 Å². The molecule has 3 heterocycles. The SMILES string of the molecule is O=C(CCN1C(=O)c2ccccc2C1=O)Nc1nc2ccccc2nc1N1CCCC1. The standard InChI is InChI=1S/C23H21N5O3/c29-19(11-14-28-22(30)15-7-1-2-8-16(15)23(28)31)26-20-21(27-12-5-6-13-27)25-18-10-4-3-9-17(18)24-20/h1-4,7-10H,5-6,11-14H2,(H,24,26,29). The Balaban J connectivity index is 1.33. The first-order valence-electron chi connectivity index (χ1n) is 10.4. The number of aromatic nitrogens is 2. The maximum atomic E-state index is 12.7. The molecular formula is C23H21N5O3. The molecule has 0 aliphatic carbocycles. The smallest absolute Gasteiger partial charge is 0.261 e. The first kappa shape index (κ1) is 19.2. The lowest BCUT2D eigenvalue weighted by Gasteiger charge is -2.20. The van der Waals surface area contributed by atoms with Crippen LogP contribution in [0.3, 0.4) is 0 Å². The molecule has 0 unspecified atom stereocenters. The average molecular weight is 415 g/mol. The van der Waals surface area contributed by atoms with Gasteiger partial charge in [-0.25, -0.2) is 9.97 Å². The zero-order valence-corrected chi connectivity index (χ0v) is 16.9. The van der Waals surface area contributed by atoms with Crippen molar-refractivity contribution in [3.05, 3.63) is 59.7 Å². The zero-order chi connectivity index (χ0) is 21.4. The van der Waals surface area contributed by atoms with Crippen LogP contribution in [0.15, 0.2) is 48.5 Å². The van der Waals surface area contributed by atoms with Gasteiger partial charge in [-0.2, -0.15) is 0 Å². The number of hydrogen-bond acceptors (Lipinski definition) is 6. The Morgan fingerprint density at radius 3 is 2.10 bits per heavy atom. The Hall–Kier alpha value is -3.81. The van der Waals surface area contributed by atoms with Gasteiger partial charge in [0, 0.05) is 26.1 Å². The van der Waals surface area contributed by atoms with Crippen molar-refractivity contribution >= 4 is 40.4 Å². The summed E-state index contributed by atoms with van der Waals surface area (Å²) in [5.74, 6) is 0.0214. The number of hydrogen-bond donors (Lipinski definition) is 1. The third kappa shape index (κ3) is 3.50. The maximum Gasteiger partial charge on any atom is 0.261 e. The van der Waals surface area contributed by atoms with E-state index >= 15 is 0 Å². The molecule has 0 bridgehead atoms. The van der Waals surface area contributed by atoms with Crippen molar-refractivity contribution in [2.45, 2.75) is 19.3 Å². The minimum Gasteiger partial charge on any atom is -0.354 e. The fourth-order valence-electron chi connectivity index (χ4n) is 4.07. The number of fused-ring (bicyclic) bond motifs is 2. The molecule has 1 aromatic heterocycles. The first-order chi connectivity index (χ1) is 15.1. The van der Waals surface area contributed by atoms with Crippen molar-refractivity contribution in [2.24, 2.45) is 0 Å². The maximum absolute atomic E-state index is 12.7. The van der Waals surface area contributed by atoms with E-state index in [0.717, 1.165) is 36.3 Å². The second-order valence-electron chi connectivity index (χ2n) is 7.68. The molecular weight excluding hydrogens is 394 g/mol. The number of imide groups is 1. The van der Waals surface area contributed by atoms with E-state index in [9.17, 15) is 14.4 Å². The fraction of sp³-hybridized carbons (Fsp3) is 0.261. The van der Waals surface area contributed by atoms with E-state index in [1.165, 1.54) is 0 Å². The van der Waals surface area contributed by atoms with Crippen LogP contribution in [-0.4, -0.2) is 52.2 Å². The molecule has 2 aliphatic heterocycles. The summed E-state index contributed by atoms with van der Waals surface area (Å²) in [6.07, 6.45) is 2.13. The van der Waals surface area contributed by atoms with Crippen LogP contribution in [0.5, 0.6) is 0 Å². The molecule has 8 nitrogen and oxygen atoms in total. The Bertz CT molecular complexity index is 1170. The highest BCUT2D eigenvalue weighted by Gasteiger charge is 2.35. The van der Waals surface area contributed by atoms with E-state index in [1.54, 1.807) is 24.3 Å². The van der Waals surface area contributed by atoms with Gasteiger partial charge in [0.15, 0.2) is 11.6 Å². The minimum atomic E-state index is -0.364. The molecule has 3 amide bonds. The number of anilines is 2. The van der Waals surface area contributed by atoms with Gasteiger partial charge in [0.1, 0.15) is 0 Å². The van der Waals surface area contributed by atoms with E-state index in [0.29, 0.717) is 28.3 Å². The van der Waals surface area contributed by atoms with Crippen LogP contribution in [0, 0.1) is 0 Å². The summed E-state index contributed by atoms with van der Waals surface area (Å²) in [6, 6.07) is 14.2. The molecule has 0 spiro atoms. The van der Waals surface area contributed by atoms with Crippen molar-refractivity contribution in [1.29, 1.82) is 0 Å². The van der Waals surface area contributed by atoms with Crippen LogP contribution >= 0.6 is 0 Å². The summed E-state index contributed by atoms with van der Waals surface area (Å²) in [6.45, 7) is 1.74. The summed E-state index contributed by atoms with van der Waals surface area (Å²) in [5.41, 5.74) is 2.23. The third-order valence-corrected chi connectivity index (χ3v) is 5.66. The Labute approximate surface area is 178 Å². The molecule has 3 aromatic rings. The van der Waals surface area contributed by atoms with Gasteiger partial charge in [0.25, 0.3) is 11.8 Å². The second kappa shape index (κ2) is 7.79. The molecule has 2 aliphatic rings. The van der Waals surface area contributed by atoms with Gasteiger partial charge >= 0.3 is 0 Å². The quantitative estimate of drug-likeness (QED) is 0.644. The average Bonchev–Trinajstić information content (AvgIpc) is 3.40. The molecule has 1 saturated heterocycles. The normalized spacial score (nSPS) is 15.6. The molecule has 8 heteroatoms. The van der Waals surface area contributed by atoms with Crippen LogP contribution in [0.2, 0.25) is 0 Å². The summed E-state index contributed by atoms with van der Waals surface area (Å²) in [4.78, 5) is 50.3. The summed E-state index contributed by atoms with van der Waals surface area (Å²) >= 11 is 0. The lowest BCUT2D eigenvalue weighted by molar-refractivity contribution is -0.116. The second-order valence-corrected chi connectivity index (χ2v) is 7.68. The van der Waals surface area contributed by atoms with Gasteiger partial charge in [-0.15, -0.1) is 0 Å². The Morgan fingerprint density at radius 2 is 1.45 bits per heavy atom. The molecule has 31 heavy (non-hydrogen) atoms. The monoisotopic (exact) mass is 415 g/mol. The van der Waals surface area contributed by atoms with Gasteiger partial charge < -0.3 is 10.2 Å². The van der Waals surface area contributed by atoms with Crippen molar-refractivity contribution in [3.8, 4) is 0 Å². The molecule has 0 radical (unpaired) electrons. The van der Waals surface area contributed by atoms with Gasteiger partial charge in [-0.1, -0.05) is 24.3 Å². The lowest BCUT2D eigenvalue weighted by atomic mass is 10.1. The van der Waals surface area contributed by atoms with Gasteiger partial charge in [0.05, 0.1) is 22.2 Å². The van der Waals surface area contributed by atoms with Crippen LogP contribution < -0.4 is 10.2 Å². The number of carbonyl (C=O) groups excluding carboxylic acids is 3. The fourth-order valence-corrected chi connectivity index (χ4v) is 4.07. The van der Waals surface area contributed by atoms with Gasteiger partial charge in [0.2, 0.25) is 5.91 Å². The number of nitrogens with one attached hydrogen (secondary N) is 1. The number of benzene rings is 2. The molecule has 2 aromatic carbocycles. The van der Waals surface area contributed by atoms with Crippen molar-refractivity contribution in [1.82, 2.24) is 14.9 Å². The van der Waals surface area contributed by atoms with E-state index in [4.69, 9.17) is 4.98 Å². The van der Waals surface area contributed by atoms with Crippen molar-refractivity contribution in [2.75, 3.05) is 29.9 Å². The highest BCUT2D eigenvalue weighted by Crippen LogP contribution is 2.28. The van der Waals surface area contributed by atoms with E-state index in [1.807, 2.05) is 24.3 Å². The predicted molar refractivity (Wildman–Crippen MR) is 116 cm³/mol. The Kier molecular flexibility index (Phi) is 4.82. The summed E-state index contributed by atoms with van der Waals surface area (Å²) < 4.78 is 0. The summed E-state index contributed by atoms with van der Waals surface area (Å²) in [7, 11) is 0. The third-order valence-electron chi connectivity index (χ3n) is 5.66. The zero-order valence-electron chi connectivity index (χ0n) is 16.9. The molecule has 156 valence electrons. The van der Waals surface area contributed by atoms with Crippen molar-refractivity contribution < 1.29 is 14.4 Å². The van der Waals surface area contributed by atoms with Crippen LogP contribution in [-0.2, 0) is 4.79 Å².